The van der Waals surface area contributed by atoms with Crippen molar-refractivity contribution in [2.45, 2.75) is 33.3 Å². The summed E-state index contributed by atoms with van der Waals surface area (Å²) in [5.74, 6) is 2.00. The normalized spacial score (nSPS) is 12.0. The van der Waals surface area contributed by atoms with Crippen molar-refractivity contribution in [3.05, 3.63) is 23.1 Å². The highest BCUT2D eigenvalue weighted by molar-refractivity contribution is 5.89. The molecule has 6 nitrogen and oxygen atoms in total. The predicted molar refractivity (Wildman–Crippen MR) is 78.6 cm³/mol. The first-order chi connectivity index (χ1) is 9.93. The number of carbonyl (C=O) groups excluding carboxylic acids is 1. The molecule has 0 aliphatic rings. The fraction of sp³-hybridized carbons (Fsp3) is 0.400. The van der Waals surface area contributed by atoms with Gasteiger partial charge in [0.05, 0.1) is 11.4 Å². The minimum absolute atomic E-state index is 0.302. The molecule has 6 heteroatoms. The zero-order chi connectivity index (χ0) is 15.6. The summed E-state index contributed by atoms with van der Waals surface area (Å²) in [6, 6.07) is 1.67. The average Bonchev–Trinajstić information content (AvgIpc) is 2.96. The summed E-state index contributed by atoms with van der Waals surface area (Å²) >= 11 is 0. The van der Waals surface area contributed by atoms with Crippen molar-refractivity contribution in [1.82, 2.24) is 20.0 Å². The third kappa shape index (κ3) is 2.97. The molecule has 1 unspecified atom stereocenters. The molecule has 0 aromatic carbocycles. The van der Waals surface area contributed by atoms with Crippen LogP contribution >= 0.6 is 0 Å². The Bertz CT molecular complexity index is 706. The van der Waals surface area contributed by atoms with Gasteiger partial charge < -0.3 is 4.74 Å². The van der Waals surface area contributed by atoms with Gasteiger partial charge in [-0.3, -0.25) is 9.78 Å². The lowest BCUT2D eigenvalue weighted by atomic mass is 10.1. The maximum absolute atomic E-state index is 12.0. The first-order valence-electron chi connectivity index (χ1n) is 6.64. The zero-order valence-electron chi connectivity index (χ0n) is 12.6. The Balaban J connectivity index is 2.22. The predicted octanol–water partition coefficient (Wildman–Crippen LogP) is 2.00. The van der Waals surface area contributed by atoms with Crippen molar-refractivity contribution < 1.29 is 9.53 Å². The molecule has 0 saturated heterocycles. The van der Waals surface area contributed by atoms with E-state index in [2.05, 4.69) is 21.2 Å². The van der Waals surface area contributed by atoms with E-state index >= 15 is 0 Å². The number of rotatable bonds is 4. The summed E-state index contributed by atoms with van der Waals surface area (Å²) in [4.78, 5) is 12.0. The van der Waals surface area contributed by atoms with Crippen LogP contribution in [0.1, 0.15) is 35.2 Å². The van der Waals surface area contributed by atoms with Gasteiger partial charge in [-0.25, -0.2) is 4.79 Å². The van der Waals surface area contributed by atoms with Crippen LogP contribution in [0.3, 0.4) is 0 Å². The van der Waals surface area contributed by atoms with Crippen molar-refractivity contribution >= 4 is 5.97 Å². The summed E-state index contributed by atoms with van der Waals surface area (Å²) in [7, 11) is 1.87. The van der Waals surface area contributed by atoms with Crippen molar-refractivity contribution in [3.8, 4) is 23.6 Å². The third-order valence-corrected chi connectivity index (χ3v) is 3.28. The van der Waals surface area contributed by atoms with E-state index in [1.54, 1.807) is 17.7 Å². The number of hydrogen-bond donors (Lipinski definition) is 1. The Morgan fingerprint density at radius 3 is 2.86 bits per heavy atom. The van der Waals surface area contributed by atoms with Crippen LogP contribution in [0.4, 0.5) is 0 Å². The van der Waals surface area contributed by atoms with Gasteiger partial charge in [0.2, 0.25) is 0 Å². The van der Waals surface area contributed by atoms with Gasteiger partial charge in [-0.2, -0.15) is 10.2 Å². The second kappa shape index (κ2) is 5.83. The van der Waals surface area contributed by atoms with Crippen LogP contribution in [0.5, 0.6) is 0 Å². The molecule has 0 aliphatic carbocycles. The van der Waals surface area contributed by atoms with E-state index in [-0.39, 0.29) is 6.10 Å². The van der Waals surface area contributed by atoms with Crippen molar-refractivity contribution in [2.24, 2.45) is 7.05 Å². The molecule has 1 atom stereocenters. The number of ether oxygens (including phenoxy) is 1. The lowest BCUT2D eigenvalue weighted by Gasteiger charge is -2.08. The van der Waals surface area contributed by atoms with Crippen LogP contribution in [-0.4, -0.2) is 32.1 Å². The highest BCUT2D eigenvalue weighted by Gasteiger charge is 2.18. The van der Waals surface area contributed by atoms with Gasteiger partial charge in [0.1, 0.15) is 11.8 Å². The smallest absolute Gasteiger partial charge is 0.356 e. The molecule has 0 aliphatic heterocycles. The van der Waals surface area contributed by atoms with Crippen LogP contribution in [0.15, 0.2) is 6.07 Å². The van der Waals surface area contributed by atoms with Gasteiger partial charge in [-0.15, -0.1) is 12.3 Å². The van der Waals surface area contributed by atoms with E-state index < -0.39 is 5.97 Å². The van der Waals surface area contributed by atoms with Crippen molar-refractivity contribution in [3.63, 3.8) is 0 Å². The van der Waals surface area contributed by atoms with E-state index in [1.165, 1.54) is 0 Å². The quantitative estimate of drug-likeness (QED) is 0.689. The third-order valence-electron chi connectivity index (χ3n) is 3.28. The van der Waals surface area contributed by atoms with Crippen molar-refractivity contribution in [2.75, 3.05) is 0 Å². The van der Waals surface area contributed by atoms with Gasteiger partial charge in [0.15, 0.2) is 0 Å². The van der Waals surface area contributed by atoms with E-state index in [1.807, 2.05) is 20.9 Å². The number of esters is 1. The molecule has 0 amide bonds. The molecule has 0 fully saturated rings. The van der Waals surface area contributed by atoms with Crippen LogP contribution in [0.2, 0.25) is 0 Å². The van der Waals surface area contributed by atoms with E-state index in [0.717, 1.165) is 17.0 Å². The number of hydrogen-bond acceptors (Lipinski definition) is 4. The van der Waals surface area contributed by atoms with Gasteiger partial charge >= 0.3 is 5.97 Å². The molecule has 1 N–H and O–H groups in total. The Hall–Kier alpha value is -2.55. The Morgan fingerprint density at radius 2 is 2.29 bits per heavy atom. The molecule has 110 valence electrons. The Labute approximate surface area is 123 Å². The standard InChI is InChI=1S/C15H18N4O2/c1-6-7-9(2)21-15(20)13-8-12(16-17-13)14-10(3)18-19(5)11(14)4/h1,8-9H,7H2,2-5H3,(H,16,17). The Morgan fingerprint density at radius 1 is 1.57 bits per heavy atom. The second-order valence-electron chi connectivity index (χ2n) is 4.96. The summed E-state index contributed by atoms with van der Waals surface area (Å²) in [6.07, 6.45) is 5.25. The van der Waals surface area contributed by atoms with Crippen LogP contribution in [0.25, 0.3) is 11.3 Å². The molecule has 0 spiro atoms. The molecular weight excluding hydrogens is 268 g/mol. The molecule has 0 saturated carbocycles. The zero-order valence-corrected chi connectivity index (χ0v) is 12.6. The minimum atomic E-state index is -0.462. The minimum Gasteiger partial charge on any atom is -0.457 e. The van der Waals surface area contributed by atoms with Crippen molar-refractivity contribution in [1.29, 1.82) is 0 Å². The largest absolute Gasteiger partial charge is 0.457 e. The highest BCUT2D eigenvalue weighted by Crippen LogP contribution is 2.25. The van der Waals surface area contributed by atoms with Crippen LogP contribution in [-0.2, 0) is 11.8 Å². The number of terminal acetylenes is 1. The molecule has 2 aromatic heterocycles. The Kier molecular flexibility index (Phi) is 4.13. The maximum Gasteiger partial charge on any atom is 0.356 e. The van der Waals surface area contributed by atoms with E-state index in [9.17, 15) is 4.79 Å². The molecule has 0 radical (unpaired) electrons. The summed E-state index contributed by atoms with van der Waals surface area (Å²) in [5.41, 5.74) is 3.75. The van der Waals surface area contributed by atoms with Gasteiger partial charge in [-0.05, 0) is 26.8 Å². The van der Waals surface area contributed by atoms with Crippen LogP contribution in [0, 0.1) is 26.2 Å². The number of nitrogens with one attached hydrogen (secondary N) is 1. The number of aromatic nitrogens is 4. The van der Waals surface area contributed by atoms with E-state index in [4.69, 9.17) is 11.2 Å². The molecule has 2 aromatic rings. The van der Waals surface area contributed by atoms with Gasteiger partial charge in [0, 0.05) is 24.7 Å². The number of aryl methyl sites for hydroxylation is 2. The van der Waals surface area contributed by atoms with Crippen LogP contribution < -0.4 is 0 Å². The molecule has 2 rings (SSSR count). The first-order valence-corrected chi connectivity index (χ1v) is 6.64. The monoisotopic (exact) mass is 286 g/mol. The lowest BCUT2D eigenvalue weighted by Crippen LogP contribution is -2.14. The van der Waals surface area contributed by atoms with Gasteiger partial charge in [-0.1, -0.05) is 0 Å². The fourth-order valence-corrected chi connectivity index (χ4v) is 2.15. The first kappa shape index (κ1) is 14.9. The number of aromatic amines is 1. The molecule has 0 bridgehead atoms. The molecule has 2 heterocycles. The average molecular weight is 286 g/mol. The fourth-order valence-electron chi connectivity index (χ4n) is 2.15. The summed E-state index contributed by atoms with van der Waals surface area (Å²) < 4.78 is 7.00. The number of carbonyl (C=O) groups is 1. The molecular formula is C15H18N4O2. The lowest BCUT2D eigenvalue weighted by molar-refractivity contribution is 0.0345. The van der Waals surface area contributed by atoms with E-state index in [0.29, 0.717) is 17.8 Å². The van der Waals surface area contributed by atoms with Gasteiger partial charge in [0.25, 0.3) is 0 Å². The number of H-pyrrole nitrogens is 1. The summed E-state index contributed by atoms with van der Waals surface area (Å²) in [6.45, 7) is 5.62. The maximum atomic E-state index is 12.0. The molecule has 21 heavy (non-hydrogen) atoms. The highest BCUT2D eigenvalue weighted by atomic mass is 16.5. The number of nitrogens with zero attached hydrogens (tertiary/aromatic N) is 3. The second-order valence-corrected chi connectivity index (χ2v) is 4.96. The summed E-state index contributed by atoms with van der Waals surface area (Å²) in [5, 5.41) is 11.2. The SMILES string of the molecule is C#CCC(C)OC(=O)c1cc(-c2c(C)nn(C)c2C)n[nH]1. The topological polar surface area (TPSA) is 72.8 Å².